The van der Waals surface area contributed by atoms with Gasteiger partial charge in [-0.3, -0.25) is 9.71 Å². The molecule has 18 heavy (non-hydrogen) atoms. The van der Waals surface area contributed by atoms with Gasteiger partial charge < -0.3 is 5.73 Å². The minimum atomic E-state index is -3.40. The molecule has 0 saturated heterocycles. The Balaban J connectivity index is 2.10. The molecule has 1 heterocycles. The van der Waals surface area contributed by atoms with Gasteiger partial charge >= 0.3 is 0 Å². The standard InChI is InChI=1S/C12H17N3O2S/c13-8-4-1-5-9-14-12-10-6-2-3-7-11(10)18(16,17)15-12/h2-3,6-7H,1,4-5,8-9,13H2,(H,14,15). The highest BCUT2D eigenvalue weighted by atomic mass is 32.2. The lowest BCUT2D eigenvalue weighted by molar-refractivity contribution is 0.595. The Labute approximate surface area is 107 Å². The lowest BCUT2D eigenvalue weighted by atomic mass is 10.2. The summed E-state index contributed by atoms with van der Waals surface area (Å²) in [6.45, 7) is 1.30. The first-order valence-electron chi connectivity index (χ1n) is 6.02. The number of benzene rings is 1. The van der Waals surface area contributed by atoms with Crippen LogP contribution in [0.25, 0.3) is 0 Å². The van der Waals surface area contributed by atoms with E-state index in [0.29, 0.717) is 29.4 Å². The van der Waals surface area contributed by atoms with Gasteiger partial charge in [0, 0.05) is 12.1 Å². The molecule has 0 amide bonds. The lowest BCUT2D eigenvalue weighted by Gasteiger charge is -1.99. The summed E-state index contributed by atoms with van der Waals surface area (Å²) in [6.07, 6.45) is 2.92. The van der Waals surface area contributed by atoms with Crippen molar-refractivity contribution in [3.05, 3.63) is 29.8 Å². The van der Waals surface area contributed by atoms with Crippen LogP contribution < -0.4 is 10.5 Å². The van der Waals surface area contributed by atoms with Crippen molar-refractivity contribution in [2.75, 3.05) is 13.1 Å². The van der Waals surface area contributed by atoms with E-state index in [-0.39, 0.29) is 0 Å². The molecule has 3 N–H and O–H groups in total. The van der Waals surface area contributed by atoms with Crippen LogP contribution in [0.3, 0.4) is 0 Å². The Morgan fingerprint density at radius 1 is 1.17 bits per heavy atom. The monoisotopic (exact) mass is 267 g/mol. The molecule has 1 aromatic rings. The number of fused-ring (bicyclic) bond motifs is 1. The number of aliphatic imine (C=N–C) groups is 1. The van der Waals surface area contributed by atoms with Crippen molar-refractivity contribution in [3.63, 3.8) is 0 Å². The van der Waals surface area contributed by atoms with Crippen molar-refractivity contribution >= 4 is 15.9 Å². The Kier molecular flexibility index (Phi) is 3.98. The van der Waals surface area contributed by atoms with Crippen LogP contribution in [0.4, 0.5) is 0 Å². The van der Waals surface area contributed by atoms with E-state index in [0.717, 1.165) is 19.3 Å². The number of unbranched alkanes of at least 4 members (excludes halogenated alkanes) is 2. The molecule has 1 aliphatic heterocycles. The summed E-state index contributed by atoms with van der Waals surface area (Å²) >= 11 is 0. The van der Waals surface area contributed by atoms with Gasteiger partial charge in [-0.05, 0) is 31.5 Å². The summed E-state index contributed by atoms with van der Waals surface area (Å²) in [7, 11) is -3.40. The first-order valence-corrected chi connectivity index (χ1v) is 7.50. The zero-order valence-electron chi connectivity index (χ0n) is 10.1. The largest absolute Gasteiger partial charge is 0.330 e. The van der Waals surface area contributed by atoms with Gasteiger partial charge in [-0.25, -0.2) is 8.42 Å². The average Bonchev–Trinajstić information content (AvgIpc) is 2.62. The second-order valence-electron chi connectivity index (χ2n) is 4.18. The van der Waals surface area contributed by atoms with E-state index in [1.807, 2.05) is 6.07 Å². The molecule has 0 radical (unpaired) electrons. The van der Waals surface area contributed by atoms with Gasteiger partial charge in [0.2, 0.25) is 0 Å². The van der Waals surface area contributed by atoms with Gasteiger partial charge in [-0.15, -0.1) is 0 Å². The van der Waals surface area contributed by atoms with E-state index in [2.05, 4.69) is 9.71 Å². The maximum absolute atomic E-state index is 11.8. The topological polar surface area (TPSA) is 84.5 Å². The molecule has 1 aliphatic rings. The molecule has 0 aliphatic carbocycles. The number of nitrogens with one attached hydrogen (secondary N) is 1. The van der Waals surface area contributed by atoms with E-state index < -0.39 is 10.0 Å². The minimum Gasteiger partial charge on any atom is -0.330 e. The van der Waals surface area contributed by atoms with Crippen molar-refractivity contribution in [1.29, 1.82) is 0 Å². The number of hydrogen-bond acceptors (Lipinski definition) is 4. The third-order valence-electron chi connectivity index (χ3n) is 2.79. The minimum absolute atomic E-state index is 0.311. The number of amidine groups is 1. The normalized spacial score (nSPS) is 18.6. The highest BCUT2D eigenvalue weighted by molar-refractivity contribution is 7.90. The molecule has 6 heteroatoms. The molecule has 2 rings (SSSR count). The van der Waals surface area contributed by atoms with Crippen molar-refractivity contribution in [3.8, 4) is 0 Å². The predicted octanol–water partition coefficient (Wildman–Crippen LogP) is 0.854. The van der Waals surface area contributed by atoms with Crippen LogP contribution in [0.15, 0.2) is 34.2 Å². The van der Waals surface area contributed by atoms with E-state index in [9.17, 15) is 8.42 Å². The molecular formula is C12H17N3O2S. The summed E-state index contributed by atoms with van der Waals surface area (Å²) in [5, 5.41) is 0. The van der Waals surface area contributed by atoms with Crippen LogP contribution in [0.1, 0.15) is 24.8 Å². The van der Waals surface area contributed by atoms with Crippen LogP contribution in [-0.2, 0) is 10.0 Å². The molecule has 98 valence electrons. The summed E-state index contributed by atoms with van der Waals surface area (Å²) in [5.41, 5.74) is 6.07. The van der Waals surface area contributed by atoms with Crippen molar-refractivity contribution in [2.45, 2.75) is 24.2 Å². The molecule has 0 saturated carbocycles. The van der Waals surface area contributed by atoms with E-state index >= 15 is 0 Å². The van der Waals surface area contributed by atoms with E-state index in [1.165, 1.54) is 0 Å². The lowest BCUT2D eigenvalue weighted by Crippen LogP contribution is -2.22. The van der Waals surface area contributed by atoms with Crippen LogP contribution in [-0.4, -0.2) is 27.3 Å². The van der Waals surface area contributed by atoms with Gasteiger partial charge in [0.25, 0.3) is 10.0 Å². The van der Waals surface area contributed by atoms with Gasteiger partial charge in [0.1, 0.15) is 5.84 Å². The molecule has 0 spiro atoms. The number of sulfonamides is 1. The number of nitrogens with zero attached hydrogens (tertiary/aromatic N) is 1. The van der Waals surface area contributed by atoms with Gasteiger partial charge in [-0.1, -0.05) is 18.6 Å². The maximum Gasteiger partial charge on any atom is 0.263 e. The van der Waals surface area contributed by atoms with Crippen LogP contribution in [0.2, 0.25) is 0 Å². The zero-order valence-corrected chi connectivity index (χ0v) is 10.9. The molecule has 0 bridgehead atoms. The molecular weight excluding hydrogens is 250 g/mol. The van der Waals surface area contributed by atoms with E-state index in [1.54, 1.807) is 18.2 Å². The number of hydrogen-bond donors (Lipinski definition) is 2. The quantitative estimate of drug-likeness (QED) is 0.776. The SMILES string of the molecule is NCCCCCN=C1NS(=O)(=O)c2ccccc21. The Morgan fingerprint density at radius 3 is 2.72 bits per heavy atom. The summed E-state index contributed by atoms with van der Waals surface area (Å²) in [4.78, 5) is 4.63. The second kappa shape index (κ2) is 5.49. The highest BCUT2D eigenvalue weighted by Gasteiger charge is 2.29. The first kappa shape index (κ1) is 13.0. The molecule has 5 nitrogen and oxygen atoms in total. The molecule has 0 atom stereocenters. The van der Waals surface area contributed by atoms with Gasteiger partial charge in [0.15, 0.2) is 0 Å². The van der Waals surface area contributed by atoms with E-state index in [4.69, 9.17) is 5.73 Å². The average molecular weight is 267 g/mol. The first-order chi connectivity index (χ1) is 8.65. The number of rotatable bonds is 5. The van der Waals surface area contributed by atoms with Gasteiger partial charge in [-0.2, -0.15) is 0 Å². The fraction of sp³-hybridized carbons (Fsp3) is 0.417. The molecule has 0 fully saturated rings. The Morgan fingerprint density at radius 2 is 1.94 bits per heavy atom. The fourth-order valence-electron chi connectivity index (χ4n) is 1.88. The molecule has 1 aromatic carbocycles. The summed E-state index contributed by atoms with van der Waals surface area (Å²) in [5.74, 6) is 0.457. The number of nitrogens with two attached hydrogens (primary N) is 1. The Bertz CT molecular complexity index is 552. The van der Waals surface area contributed by atoms with Crippen LogP contribution in [0, 0.1) is 0 Å². The summed E-state index contributed by atoms with van der Waals surface area (Å²) in [6, 6.07) is 6.88. The zero-order chi connectivity index (χ0) is 13.0. The van der Waals surface area contributed by atoms with Gasteiger partial charge in [0.05, 0.1) is 4.90 Å². The fourth-order valence-corrected chi connectivity index (χ4v) is 3.13. The van der Waals surface area contributed by atoms with Crippen LogP contribution >= 0.6 is 0 Å². The molecule has 0 unspecified atom stereocenters. The third kappa shape index (κ3) is 2.70. The highest BCUT2D eigenvalue weighted by Crippen LogP contribution is 2.22. The van der Waals surface area contributed by atoms with Crippen molar-refractivity contribution in [1.82, 2.24) is 4.72 Å². The second-order valence-corrected chi connectivity index (χ2v) is 5.83. The predicted molar refractivity (Wildman–Crippen MR) is 71.1 cm³/mol. The smallest absolute Gasteiger partial charge is 0.263 e. The third-order valence-corrected chi connectivity index (χ3v) is 4.19. The van der Waals surface area contributed by atoms with Crippen molar-refractivity contribution in [2.24, 2.45) is 10.7 Å². The van der Waals surface area contributed by atoms with Crippen LogP contribution in [0.5, 0.6) is 0 Å². The maximum atomic E-state index is 11.8. The summed E-state index contributed by atoms with van der Waals surface area (Å²) < 4.78 is 26.1. The van der Waals surface area contributed by atoms with Crippen molar-refractivity contribution < 1.29 is 8.42 Å². The molecule has 0 aromatic heterocycles. The Hall–Kier alpha value is -1.40.